The van der Waals surface area contributed by atoms with Crippen molar-refractivity contribution in [2.24, 2.45) is 0 Å². The molecule has 9 nitrogen and oxygen atoms in total. The lowest BCUT2D eigenvalue weighted by molar-refractivity contribution is 0.320. The van der Waals surface area contributed by atoms with Crippen molar-refractivity contribution in [1.82, 2.24) is 4.72 Å². The monoisotopic (exact) mass is 367 g/mol. The van der Waals surface area contributed by atoms with Crippen LogP contribution in [-0.2, 0) is 31.1 Å². The normalized spacial score (nSPS) is 12.2. The fourth-order valence-corrected chi connectivity index (χ4v) is 2.56. The number of aryl methyl sites for hydroxylation is 1. The van der Waals surface area contributed by atoms with Crippen molar-refractivity contribution in [2.45, 2.75) is 20.3 Å². The predicted octanol–water partition coefficient (Wildman–Crippen LogP) is 0.665. The van der Waals surface area contributed by atoms with Crippen molar-refractivity contribution >= 4 is 31.8 Å². The zero-order valence-corrected chi connectivity index (χ0v) is 14.7. The first-order chi connectivity index (χ1) is 10.5. The summed E-state index contributed by atoms with van der Waals surface area (Å²) in [5.74, 6) is 0. The topological polar surface area (TPSA) is 134 Å². The number of benzene rings is 1. The first-order valence-corrected chi connectivity index (χ1v) is 10.0. The van der Waals surface area contributed by atoms with E-state index in [1.165, 1.54) is 0 Å². The molecule has 0 aromatic heterocycles. The molecule has 0 aliphatic rings. The summed E-state index contributed by atoms with van der Waals surface area (Å²) in [6.07, 6.45) is 1.45. The van der Waals surface area contributed by atoms with Crippen LogP contribution in [0.3, 0.4) is 0 Å². The molecule has 0 aliphatic heterocycles. The lowest BCUT2D eigenvalue weighted by atomic mass is 10.0. The molecule has 0 heterocycles. The van der Waals surface area contributed by atoms with Gasteiger partial charge in [-0.05, 0) is 43.5 Å². The Morgan fingerprint density at radius 1 is 1.17 bits per heavy atom. The van der Waals surface area contributed by atoms with Crippen molar-refractivity contribution in [3.05, 3.63) is 23.3 Å². The maximum atomic E-state index is 11.1. The lowest BCUT2D eigenvalue weighted by Crippen LogP contribution is -2.24. The molecule has 132 valence electrons. The molecular weight excluding hydrogens is 346 g/mol. The number of nitrogens with one attached hydrogen (secondary N) is 3. The van der Waals surface area contributed by atoms with Gasteiger partial charge < -0.3 is 5.32 Å². The van der Waals surface area contributed by atoms with Gasteiger partial charge in [0.1, 0.15) is 0 Å². The quantitative estimate of drug-likeness (QED) is 0.369. The number of hydrogen-bond acceptors (Lipinski definition) is 7. The molecule has 0 fully saturated rings. The van der Waals surface area contributed by atoms with E-state index in [-0.39, 0.29) is 6.54 Å². The number of rotatable bonds is 9. The second-order valence-electron chi connectivity index (χ2n) is 4.88. The van der Waals surface area contributed by atoms with Crippen molar-refractivity contribution in [1.29, 1.82) is 0 Å². The van der Waals surface area contributed by atoms with Crippen LogP contribution in [0.1, 0.15) is 18.1 Å². The van der Waals surface area contributed by atoms with E-state index in [4.69, 9.17) is 4.55 Å². The van der Waals surface area contributed by atoms with E-state index in [0.717, 1.165) is 17.5 Å². The van der Waals surface area contributed by atoms with Gasteiger partial charge in [0.05, 0.1) is 11.9 Å². The SMILES string of the molecule is CCNc1cc(C)c(NOS(=O)(=O)O)cc1CCNS(C)(=O)=O. The van der Waals surface area contributed by atoms with Crippen molar-refractivity contribution in [2.75, 3.05) is 30.1 Å². The highest BCUT2D eigenvalue weighted by molar-refractivity contribution is 7.88. The third kappa shape index (κ3) is 7.61. The van der Waals surface area contributed by atoms with E-state index in [2.05, 4.69) is 19.8 Å². The van der Waals surface area contributed by atoms with Gasteiger partial charge in [-0.1, -0.05) is 0 Å². The van der Waals surface area contributed by atoms with Gasteiger partial charge in [-0.2, -0.15) is 8.42 Å². The van der Waals surface area contributed by atoms with Gasteiger partial charge in [-0.15, -0.1) is 4.28 Å². The Balaban J connectivity index is 2.99. The van der Waals surface area contributed by atoms with Crippen LogP contribution in [0, 0.1) is 6.92 Å². The third-order valence-corrected chi connectivity index (χ3v) is 3.86. The molecule has 0 amide bonds. The van der Waals surface area contributed by atoms with Crippen LogP contribution < -0.4 is 15.5 Å². The number of sulfonamides is 1. The second-order valence-corrected chi connectivity index (χ2v) is 7.74. The average Bonchev–Trinajstić information content (AvgIpc) is 2.37. The summed E-state index contributed by atoms with van der Waals surface area (Å²) < 4.78 is 58.6. The molecule has 1 rings (SSSR count). The van der Waals surface area contributed by atoms with Gasteiger partial charge in [0.25, 0.3) is 0 Å². The highest BCUT2D eigenvalue weighted by atomic mass is 32.3. The first-order valence-electron chi connectivity index (χ1n) is 6.75. The van der Waals surface area contributed by atoms with Gasteiger partial charge in [0.15, 0.2) is 0 Å². The molecule has 0 saturated heterocycles. The predicted molar refractivity (Wildman–Crippen MR) is 88.1 cm³/mol. The Hall–Kier alpha value is -1.40. The summed E-state index contributed by atoms with van der Waals surface area (Å²) in [5, 5.41) is 3.15. The van der Waals surface area contributed by atoms with Crippen LogP contribution in [0.5, 0.6) is 0 Å². The minimum Gasteiger partial charge on any atom is -0.385 e. The minimum absolute atomic E-state index is 0.193. The average molecular weight is 367 g/mol. The standard InChI is InChI=1S/C12H21N3O6S2/c1-4-13-12-7-9(2)11(15-21-23(18,19)20)8-10(12)5-6-14-22(3,16)17/h7-8,13-15H,4-6H2,1-3H3,(H,18,19,20). The fourth-order valence-electron chi connectivity index (χ4n) is 1.89. The molecule has 0 saturated carbocycles. The summed E-state index contributed by atoms with van der Waals surface area (Å²) in [5.41, 5.74) is 4.76. The van der Waals surface area contributed by atoms with E-state index in [9.17, 15) is 16.8 Å². The highest BCUT2D eigenvalue weighted by Gasteiger charge is 2.11. The van der Waals surface area contributed by atoms with Gasteiger partial charge in [-0.25, -0.2) is 18.6 Å². The van der Waals surface area contributed by atoms with E-state index in [0.29, 0.717) is 24.2 Å². The Morgan fingerprint density at radius 2 is 1.83 bits per heavy atom. The first kappa shape index (κ1) is 19.6. The fraction of sp³-hybridized carbons (Fsp3) is 0.500. The van der Waals surface area contributed by atoms with Gasteiger partial charge in [-0.3, -0.25) is 4.55 Å². The molecule has 4 N–H and O–H groups in total. The molecule has 0 spiro atoms. The number of anilines is 2. The summed E-state index contributed by atoms with van der Waals surface area (Å²) >= 11 is 0. The molecule has 0 atom stereocenters. The second kappa shape index (κ2) is 7.93. The minimum atomic E-state index is -4.63. The van der Waals surface area contributed by atoms with E-state index in [1.807, 2.05) is 6.92 Å². The molecule has 0 aliphatic carbocycles. The van der Waals surface area contributed by atoms with Crippen LogP contribution in [0.25, 0.3) is 0 Å². The summed E-state index contributed by atoms with van der Waals surface area (Å²) in [4.78, 5) is 0. The lowest BCUT2D eigenvalue weighted by Gasteiger charge is -2.16. The zero-order chi connectivity index (χ0) is 17.7. The molecule has 1 aromatic rings. The Bertz CT molecular complexity index is 746. The molecule has 11 heteroatoms. The van der Waals surface area contributed by atoms with Crippen LogP contribution in [0.2, 0.25) is 0 Å². The smallest absolute Gasteiger partial charge is 0.385 e. The largest absolute Gasteiger partial charge is 0.418 e. The molecule has 0 bridgehead atoms. The summed E-state index contributed by atoms with van der Waals surface area (Å²) in [7, 11) is -7.92. The van der Waals surface area contributed by atoms with Crippen LogP contribution >= 0.6 is 0 Å². The zero-order valence-electron chi connectivity index (χ0n) is 13.1. The van der Waals surface area contributed by atoms with Gasteiger partial charge >= 0.3 is 10.4 Å². The summed E-state index contributed by atoms with van der Waals surface area (Å²) in [6.45, 7) is 4.51. The third-order valence-electron chi connectivity index (χ3n) is 2.83. The molecule has 1 aromatic carbocycles. The van der Waals surface area contributed by atoms with Crippen LogP contribution in [0.4, 0.5) is 11.4 Å². The van der Waals surface area contributed by atoms with Gasteiger partial charge in [0, 0.05) is 18.8 Å². The molecule has 23 heavy (non-hydrogen) atoms. The van der Waals surface area contributed by atoms with Crippen LogP contribution in [0.15, 0.2) is 12.1 Å². The molecule has 0 radical (unpaired) electrons. The van der Waals surface area contributed by atoms with Crippen molar-refractivity contribution < 1.29 is 25.7 Å². The van der Waals surface area contributed by atoms with E-state index in [1.54, 1.807) is 19.1 Å². The molecular formula is C12H21N3O6S2. The maximum Gasteiger partial charge on any atom is 0.418 e. The van der Waals surface area contributed by atoms with Crippen molar-refractivity contribution in [3.8, 4) is 0 Å². The Labute approximate surface area is 136 Å². The van der Waals surface area contributed by atoms with E-state index < -0.39 is 20.4 Å². The molecule has 0 unspecified atom stereocenters. The maximum absolute atomic E-state index is 11.1. The Morgan fingerprint density at radius 3 is 2.35 bits per heavy atom. The number of hydrogen-bond donors (Lipinski definition) is 4. The summed E-state index contributed by atoms with van der Waals surface area (Å²) in [6, 6.07) is 3.40. The van der Waals surface area contributed by atoms with Crippen LogP contribution in [-0.4, -0.2) is 40.7 Å². The Kier molecular flexibility index (Phi) is 6.77. The highest BCUT2D eigenvalue weighted by Crippen LogP contribution is 2.25. The van der Waals surface area contributed by atoms with Gasteiger partial charge in [0.2, 0.25) is 10.0 Å². The van der Waals surface area contributed by atoms with E-state index >= 15 is 0 Å². The van der Waals surface area contributed by atoms with Crippen molar-refractivity contribution in [3.63, 3.8) is 0 Å².